The summed E-state index contributed by atoms with van der Waals surface area (Å²) in [7, 11) is 0. The van der Waals surface area contributed by atoms with Crippen LogP contribution in [0.2, 0.25) is 5.02 Å². The highest BCUT2D eigenvalue weighted by Crippen LogP contribution is 2.51. The molecular formula is C35H32ClF3N4O4. The number of rotatable bonds is 4. The lowest BCUT2D eigenvalue weighted by Gasteiger charge is -2.44. The van der Waals surface area contributed by atoms with Gasteiger partial charge in [0, 0.05) is 30.5 Å². The Kier molecular flexibility index (Phi) is 6.96. The van der Waals surface area contributed by atoms with Gasteiger partial charge >= 0.3 is 6.01 Å². The maximum Gasteiger partial charge on any atom is 0.319 e. The quantitative estimate of drug-likeness (QED) is 0.252. The van der Waals surface area contributed by atoms with E-state index in [1.165, 1.54) is 24.3 Å². The van der Waals surface area contributed by atoms with Gasteiger partial charge < -0.3 is 24.6 Å². The average Bonchev–Trinajstić information content (AvgIpc) is 3.49. The fraction of sp³-hybridized carbons (Fsp3) is 0.429. The van der Waals surface area contributed by atoms with E-state index in [0.29, 0.717) is 43.6 Å². The van der Waals surface area contributed by atoms with Gasteiger partial charge in [0.1, 0.15) is 42.3 Å². The van der Waals surface area contributed by atoms with Gasteiger partial charge in [-0.25, -0.2) is 13.2 Å². The second-order valence-electron chi connectivity index (χ2n) is 13.4. The van der Waals surface area contributed by atoms with Gasteiger partial charge in [0.05, 0.1) is 33.2 Å². The van der Waals surface area contributed by atoms with Crippen LogP contribution in [0.3, 0.4) is 0 Å². The van der Waals surface area contributed by atoms with Crippen LogP contribution in [0.15, 0.2) is 24.3 Å². The predicted molar refractivity (Wildman–Crippen MR) is 172 cm³/mol. The topological polar surface area (TPSA) is 91.2 Å². The van der Waals surface area contributed by atoms with Crippen LogP contribution in [0.25, 0.3) is 32.8 Å². The van der Waals surface area contributed by atoms with Gasteiger partial charge in [-0.3, -0.25) is 4.90 Å². The van der Waals surface area contributed by atoms with Crippen molar-refractivity contribution in [3.63, 3.8) is 0 Å². The molecule has 1 aromatic heterocycles. The molecule has 0 aliphatic carbocycles. The van der Waals surface area contributed by atoms with Gasteiger partial charge in [-0.05, 0) is 68.3 Å². The van der Waals surface area contributed by atoms with Crippen LogP contribution in [-0.2, 0) is 0 Å². The number of aliphatic hydroxyl groups is 1. The first-order chi connectivity index (χ1) is 22.5. The number of terminal acetylenes is 1. The van der Waals surface area contributed by atoms with Crippen LogP contribution in [0, 0.1) is 24.0 Å². The number of piperidine rings is 1. The Hall–Kier alpha value is -3.98. The first-order valence-electron chi connectivity index (χ1n) is 15.8. The molecule has 4 aromatic rings. The number of ether oxygens (including phenoxy) is 2. The zero-order valence-corrected chi connectivity index (χ0v) is 26.4. The number of fused-ring (bicyclic) bond motifs is 4. The largest absolute Gasteiger partial charge is 0.508 e. The molecule has 0 unspecified atom stereocenters. The van der Waals surface area contributed by atoms with Crippen molar-refractivity contribution in [3.8, 4) is 41.0 Å². The molecule has 3 fully saturated rings. The molecule has 3 saturated heterocycles. The summed E-state index contributed by atoms with van der Waals surface area (Å²) in [4.78, 5) is 13.3. The SMILES string of the molecule is C#Cc1c(F)ccc2cc(O)cc(-c3c(Cl)c4c5c(nc(OC[C@@]67CCCN6C[C@H](F)C7)nc5c3F)N3CCC[C@@](C)(O)[C@H]3CO4)c12. The zero-order chi connectivity index (χ0) is 32.8. The van der Waals surface area contributed by atoms with Crippen LogP contribution in [0.4, 0.5) is 19.0 Å². The molecule has 12 heteroatoms. The summed E-state index contributed by atoms with van der Waals surface area (Å²) < 4.78 is 59.2. The summed E-state index contributed by atoms with van der Waals surface area (Å²) >= 11 is 7.02. The Bertz CT molecular complexity index is 2020. The third-order valence-corrected chi connectivity index (χ3v) is 10.8. The molecular weight excluding hydrogens is 633 g/mol. The van der Waals surface area contributed by atoms with Gasteiger partial charge in [0.25, 0.3) is 0 Å². The first-order valence-corrected chi connectivity index (χ1v) is 16.2. The predicted octanol–water partition coefficient (Wildman–Crippen LogP) is 6.14. The molecule has 8 rings (SSSR count). The molecule has 4 atom stereocenters. The van der Waals surface area contributed by atoms with Crippen molar-refractivity contribution in [2.24, 2.45) is 0 Å². The minimum atomic E-state index is -1.17. The Balaban J connectivity index is 1.37. The van der Waals surface area contributed by atoms with E-state index in [1.54, 1.807) is 6.92 Å². The highest BCUT2D eigenvalue weighted by molar-refractivity contribution is 6.37. The lowest BCUT2D eigenvalue weighted by atomic mass is 9.86. The summed E-state index contributed by atoms with van der Waals surface area (Å²) in [6, 6.07) is 4.62. The number of phenols is 1. The Morgan fingerprint density at radius 3 is 2.79 bits per heavy atom. The zero-order valence-electron chi connectivity index (χ0n) is 25.6. The molecule has 5 heterocycles. The molecule has 244 valence electrons. The fourth-order valence-corrected chi connectivity index (χ4v) is 8.57. The van der Waals surface area contributed by atoms with Crippen molar-refractivity contribution in [1.82, 2.24) is 14.9 Å². The number of aromatic nitrogens is 2. The number of halogens is 4. The van der Waals surface area contributed by atoms with Crippen LogP contribution < -0.4 is 14.4 Å². The van der Waals surface area contributed by atoms with Crippen LogP contribution in [0.5, 0.6) is 17.5 Å². The highest BCUT2D eigenvalue weighted by atomic mass is 35.5. The first kappa shape index (κ1) is 30.4. The lowest BCUT2D eigenvalue weighted by molar-refractivity contribution is -0.00671. The molecule has 8 nitrogen and oxygen atoms in total. The van der Waals surface area contributed by atoms with E-state index in [9.17, 15) is 14.6 Å². The van der Waals surface area contributed by atoms with E-state index in [-0.39, 0.29) is 68.7 Å². The summed E-state index contributed by atoms with van der Waals surface area (Å²) in [5, 5.41) is 22.7. The van der Waals surface area contributed by atoms with Gasteiger partial charge in [0.2, 0.25) is 0 Å². The van der Waals surface area contributed by atoms with Crippen LogP contribution >= 0.6 is 11.6 Å². The van der Waals surface area contributed by atoms with Crippen molar-refractivity contribution in [2.75, 3.05) is 37.7 Å². The number of aromatic hydroxyl groups is 1. The third-order valence-electron chi connectivity index (χ3n) is 10.5. The van der Waals surface area contributed by atoms with E-state index in [1.807, 2.05) is 4.90 Å². The monoisotopic (exact) mass is 664 g/mol. The fourth-order valence-electron chi connectivity index (χ4n) is 8.24. The maximum absolute atomic E-state index is 17.2. The Labute approximate surface area is 274 Å². The summed E-state index contributed by atoms with van der Waals surface area (Å²) in [5.41, 5.74) is -2.11. The van der Waals surface area contributed by atoms with Crippen LogP contribution in [0.1, 0.15) is 44.6 Å². The van der Waals surface area contributed by atoms with Crippen molar-refractivity contribution < 1.29 is 32.9 Å². The van der Waals surface area contributed by atoms with Crippen molar-refractivity contribution in [2.45, 2.75) is 62.4 Å². The number of alkyl halides is 1. The molecule has 0 bridgehead atoms. The van der Waals surface area contributed by atoms with Crippen molar-refractivity contribution >= 4 is 39.1 Å². The molecule has 3 aromatic carbocycles. The maximum atomic E-state index is 17.2. The third kappa shape index (κ3) is 4.60. The van der Waals surface area contributed by atoms with Crippen LogP contribution in [-0.4, -0.2) is 81.3 Å². The average molecular weight is 665 g/mol. The van der Waals surface area contributed by atoms with E-state index in [4.69, 9.17) is 32.5 Å². The number of phenolic OH excluding ortho intramolecular Hbond substituents is 1. The number of hydrogen-bond donors (Lipinski definition) is 2. The van der Waals surface area contributed by atoms with Gasteiger partial charge in [-0.15, -0.1) is 6.42 Å². The van der Waals surface area contributed by atoms with Crippen molar-refractivity contribution in [3.05, 3.63) is 46.5 Å². The van der Waals surface area contributed by atoms with Gasteiger partial charge in [0.15, 0.2) is 11.6 Å². The van der Waals surface area contributed by atoms with Gasteiger partial charge in [-0.2, -0.15) is 9.97 Å². The van der Waals surface area contributed by atoms with E-state index >= 15 is 8.78 Å². The summed E-state index contributed by atoms with van der Waals surface area (Å²) in [6.07, 6.45) is 7.91. The van der Waals surface area contributed by atoms with Crippen molar-refractivity contribution in [1.29, 1.82) is 0 Å². The van der Waals surface area contributed by atoms with E-state index in [0.717, 1.165) is 19.4 Å². The summed E-state index contributed by atoms with van der Waals surface area (Å²) in [6.45, 7) is 3.45. The number of anilines is 1. The van der Waals surface area contributed by atoms with E-state index in [2.05, 4.69) is 15.8 Å². The second kappa shape index (κ2) is 10.8. The molecule has 2 N–H and O–H groups in total. The second-order valence-corrected chi connectivity index (χ2v) is 13.8. The molecule has 47 heavy (non-hydrogen) atoms. The standard InChI is InChI=1S/C35H32ClF3N4O4/c1-3-21-23(38)7-6-18-12-20(44)13-22(25(18)21)26-28(36)31-27-30(29(26)39)40-33(47-17-35-9-5-10-42(35)15-19(37)14-35)41-32(27)43-11-4-8-34(2,45)24(43)16-46-31/h1,6-7,12-13,19,24,44-45H,4-5,8-11,14-17H2,2H3/t19-,24-,34-,35+/m1/s1. The normalized spacial score (nSPS) is 27.0. The Morgan fingerprint density at radius 1 is 1.17 bits per heavy atom. The molecule has 4 aliphatic heterocycles. The molecule has 0 spiro atoms. The summed E-state index contributed by atoms with van der Waals surface area (Å²) in [5.74, 6) is 0.942. The lowest BCUT2D eigenvalue weighted by Crippen LogP contribution is -2.58. The Morgan fingerprint density at radius 2 is 1.98 bits per heavy atom. The molecule has 0 saturated carbocycles. The van der Waals surface area contributed by atoms with Gasteiger partial charge in [-0.1, -0.05) is 23.6 Å². The smallest absolute Gasteiger partial charge is 0.319 e. The highest BCUT2D eigenvalue weighted by Gasteiger charge is 2.50. The minimum absolute atomic E-state index is 0.000420. The molecule has 4 aliphatic rings. The number of nitrogens with zero attached hydrogens (tertiary/aromatic N) is 4. The molecule has 0 amide bonds. The van der Waals surface area contributed by atoms with E-state index < -0.39 is 35.0 Å². The minimum Gasteiger partial charge on any atom is -0.508 e. The number of hydrogen-bond acceptors (Lipinski definition) is 8. The molecule has 0 radical (unpaired) electrons. The number of benzene rings is 3.